The first-order valence-corrected chi connectivity index (χ1v) is 12.2. The monoisotopic (exact) mass is 494 g/mol. The molecule has 1 aromatic heterocycles. The lowest BCUT2D eigenvalue weighted by Crippen LogP contribution is -2.81. The summed E-state index contributed by atoms with van der Waals surface area (Å²) in [6, 6.07) is 8.78. The molecule has 2 aromatic rings. The van der Waals surface area contributed by atoms with Gasteiger partial charge in [0, 0.05) is 18.6 Å². The number of hydrogen-bond acceptors (Lipinski definition) is 10. The van der Waals surface area contributed by atoms with Crippen molar-refractivity contribution in [2.24, 2.45) is 0 Å². The molecule has 1 saturated heterocycles. The standard InChI is InChI=1S/C19H18N4O6S3/c1-28-19(21-13(24)7-29-12-5-3-2-4-6-12)16(27)23-14(15(25)26)11(8-30-17(19)23)9-31-18-22-20-10-32-18/h2-6,10,17H,7-9H2,1H3,(H,21,24)(H,25,26)/t17-,19?/m0/s1. The van der Waals surface area contributed by atoms with Crippen LogP contribution in [-0.4, -0.2) is 74.3 Å². The minimum absolute atomic E-state index is 0.0850. The van der Waals surface area contributed by atoms with Crippen LogP contribution in [0.5, 0.6) is 5.75 Å². The number of thioether (sulfide) groups is 2. The van der Waals surface area contributed by atoms with Crippen molar-refractivity contribution in [2.45, 2.75) is 15.4 Å². The Bertz CT molecular complexity index is 1050. The maximum absolute atomic E-state index is 13.1. The Labute approximate surface area is 195 Å². The molecule has 1 fully saturated rings. The first-order valence-electron chi connectivity index (χ1n) is 9.30. The molecule has 13 heteroatoms. The second-order valence-electron chi connectivity index (χ2n) is 6.68. The van der Waals surface area contributed by atoms with E-state index in [4.69, 9.17) is 9.47 Å². The molecule has 1 aromatic carbocycles. The van der Waals surface area contributed by atoms with Gasteiger partial charge in [0.2, 0.25) is 0 Å². The van der Waals surface area contributed by atoms with Crippen molar-refractivity contribution in [2.75, 3.05) is 25.2 Å². The van der Waals surface area contributed by atoms with E-state index in [1.54, 1.807) is 29.8 Å². The number of carbonyl (C=O) groups excluding carboxylic acids is 2. The summed E-state index contributed by atoms with van der Waals surface area (Å²) >= 11 is 4.04. The Kier molecular flexibility index (Phi) is 6.69. The number of rotatable bonds is 9. The summed E-state index contributed by atoms with van der Waals surface area (Å²) in [4.78, 5) is 38.7. The molecule has 0 saturated carbocycles. The summed E-state index contributed by atoms with van der Waals surface area (Å²) < 4.78 is 11.6. The van der Waals surface area contributed by atoms with Gasteiger partial charge in [0.1, 0.15) is 22.3 Å². The topological polar surface area (TPSA) is 131 Å². The number of para-hydroxylation sites is 1. The van der Waals surface area contributed by atoms with Gasteiger partial charge in [-0.25, -0.2) is 4.79 Å². The second-order valence-corrected chi connectivity index (χ2v) is 9.80. The molecule has 168 valence electrons. The van der Waals surface area contributed by atoms with E-state index in [1.807, 2.05) is 6.07 Å². The van der Waals surface area contributed by atoms with Gasteiger partial charge >= 0.3 is 5.97 Å². The van der Waals surface area contributed by atoms with Gasteiger partial charge < -0.3 is 19.9 Å². The third-order valence-electron chi connectivity index (χ3n) is 4.78. The summed E-state index contributed by atoms with van der Waals surface area (Å²) in [6.07, 6.45) is 0. The summed E-state index contributed by atoms with van der Waals surface area (Å²) in [7, 11) is 1.30. The molecule has 3 heterocycles. The highest BCUT2D eigenvalue weighted by Crippen LogP contribution is 2.47. The normalized spacial score (nSPS) is 22.2. The first kappa shape index (κ1) is 22.6. The largest absolute Gasteiger partial charge is 0.484 e. The number of hydrogen-bond donors (Lipinski definition) is 2. The van der Waals surface area contributed by atoms with Gasteiger partial charge in [-0.05, 0) is 17.7 Å². The summed E-state index contributed by atoms with van der Waals surface area (Å²) in [5.74, 6) is -1.17. The molecule has 2 aliphatic rings. The van der Waals surface area contributed by atoms with Gasteiger partial charge in [-0.15, -0.1) is 22.0 Å². The number of fused-ring (bicyclic) bond motifs is 1. The Balaban J connectivity index is 1.47. The van der Waals surface area contributed by atoms with Crippen LogP contribution in [0.25, 0.3) is 0 Å². The highest BCUT2D eigenvalue weighted by atomic mass is 32.2. The predicted molar refractivity (Wildman–Crippen MR) is 118 cm³/mol. The van der Waals surface area contributed by atoms with Crippen LogP contribution in [-0.2, 0) is 19.1 Å². The number of carboxylic acid groups (broad SMARTS) is 1. The summed E-state index contributed by atoms with van der Waals surface area (Å²) in [6.45, 7) is -0.314. The number of ether oxygens (including phenoxy) is 2. The predicted octanol–water partition coefficient (Wildman–Crippen LogP) is 1.42. The van der Waals surface area contributed by atoms with Crippen LogP contribution in [0.15, 0.2) is 51.5 Å². The van der Waals surface area contributed by atoms with Crippen molar-refractivity contribution in [1.82, 2.24) is 20.4 Å². The maximum Gasteiger partial charge on any atom is 0.352 e. The number of benzene rings is 1. The van der Waals surface area contributed by atoms with E-state index in [-0.39, 0.29) is 12.3 Å². The number of nitrogens with zero attached hydrogens (tertiary/aromatic N) is 3. The van der Waals surface area contributed by atoms with Gasteiger partial charge in [-0.1, -0.05) is 41.3 Å². The maximum atomic E-state index is 13.1. The molecule has 2 N–H and O–H groups in total. The molecule has 2 atom stereocenters. The molecular formula is C19H18N4O6S3. The van der Waals surface area contributed by atoms with Crippen LogP contribution in [0.3, 0.4) is 0 Å². The van der Waals surface area contributed by atoms with E-state index < -0.39 is 28.9 Å². The minimum atomic E-state index is -1.65. The van der Waals surface area contributed by atoms with Crippen molar-refractivity contribution in [1.29, 1.82) is 0 Å². The highest BCUT2D eigenvalue weighted by molar-refractivity contribution is 8.01. The second kappa shape index (κ2) is 9.48. The van der Waals surface area contributed by atoms with Crippen LogP contribution in [0.1, 0.15) is 0 Å². The van der Waals surface area contributed by atoms with Gasteiger partial charge in [0.05, 0.1) is 0 Å². The zero-order valence-corrected chi connectivity index (χ0v) is 19.2. The van der Waals surface area contributed by atoms with Gasteiger partial charge in [-0.3, -0.25) is 14.5 Å². The fraction of sp³-hybridized carbons (Fsp3) is 0.316. The molecule has 1 unspecified atom stereocenters. The number of amides is 2. The van der Waals surface area contributed by atoms with Crippen molar-refractivity contribution in [3.63, 3.8) is 0 Å². The quantitative estimate of drug-likeness (QED) is 0.300. The number of aliphatic carboxylic acids is 1. The number of aromatic nitrogens is 2. The molecule has 2 aliphatic heterocycles. The molecule has 0 bridgehead atoms. The van der Waals surface area contributed by atoms with Crippen LogP contribution >= 0.6 is 34.9 Å². The molecule has 0 aliphatic carbocycles. The fourth-order valence-electron chi connectivity index (χ4n) is 3.34. The minimum Gasteiger partial charge on any atom is -0.484 e. The van der Waals surface area contributed by atoms with Crippen LogP contribution in [0.2, 0.25) is 0 Å². The van der Waals surface area contributed by atoms with Crippen molar-refractivity contribution in [3.8, 4) is 5.75 Å². The fourth-order valence-corrected chi connectivity index (χ4v) is 6.40. The van der Waals surface area contributed by atoms with E-state index in [0.29, 0.717) is 27.2 Å². The number of nitrogens with one attached hydrogen (secondary N) is 1. The molecular weight excluding hydrogens is 476 g/mol. The lowest BCUT2D eigenvalue weighted by molar-refractivity contribution is -0.192. The zero-order chi connectivity index (χ0) is 22.7. The molecule has 4 rings (SSSR count). The molecule has 10 nitrogen and oxygen atoms in total. The van der Waals surface area contributed by atoms with Crippen molar-refractivity contribution in [3.05, 3.63) is 47.1 Å². The Hall–Kier alpha value is -2.61. The molecule has 2 amide bonds. The number of β-lactam (4-membered cyclic amide) rings is 1. The van der Waals surface area contributed by atoms with Crippen molar-refractivity contribution >= 4 is 52.6 Å². The van der Waals surface area contributed by atoms with Crippen LogP contribution in [0, 0.1) is 0 Å². The zero-order valence-electron chi connectivity index (χ0n) is 16.7. The van der Waals surface area contributed by atoms with Crippen LogP contribution < -0.4 is 10.1 Å². The average Bonchev–Trinajstić information content (AvgIpc) is 3.33. The van der Waals surface area contributed by atoms with E-state index in [1.165, 1.54) is 46.9 Å². The van der Waals surface area contributed by atoms with E-state index >= 15 is 0 Å². The molecule has 0 spiro atoms. The third kappa shape index (κ3) is 4.20. The Morgan fingerprint density at radius 3 is 2.81 bits per heavy atom. The lowest BCUT2D eigenvalue weighted by atomic mass is 9.98. The van der Waals surface area contributed by atoms with Crippen LogP contribution in [0.4, 0.5) is 0 Å². The Morgan fingerprint density at radius 1 is 1.38 bits per heavy atom. The average molecular weight is 495 g/mol. The molecule has 32 heavy (non-hydrogen) atoms. The smallest absolute Gasteiger partial charge is 0.352 e. The SMILES string of the molecule is COC1(NC(=O)COc2ccccc2)C(=O)N2C(C(=O)O)=C(CSc3nncs3)CS[C@H]21. The Morgan fingerprint density at radius 2 is 2.16 bits per heavy atom. The van der Waals surface area contributed by atoms with Crippen molar-refractivity contribution < 1.29 is 29.0 Å². The van der Waals surface area contributed by atoms with Gasteiger partial charge in [0.25, 0.3) is 17.5 Å². The third-order valence-corrected chi connectivity index (χ3v) is 8.10. The van der Waals surface area contributed by atoms with Gasteiger partial charge in [0.15, 0.2) is 10.9 Å². The highest BCUT2D eigenvalue weighted by Gasteiger charge is 2.66. The summed E-state index contributed by atoms with van der Waals surface area (Å²) in [5.41, 5.74) is 0.450. The van der Waals surface area contributed by atoms with E-state index in [0.717, 1.165) is 0 Å². The summed E-state index contributed by atoms with van der Waals surface area (Å²) in [5, 5.41) is 19.4. The number of carbonyl (C=O) groups is 3. The van der Waals surface area contributed by atoms with E-state index in [9.17, 15) is 19.5 Å². The molecule has 0 radical (unpaired) electrons. The lowest BCUT2D eigenvalue weighted by Gasteiger charge is -2.55. The van der Waals surface area contributed by atoms with E-state index in [2.05, 4.69) is 15.5 Å². The number of methoxy groups -OCH3 is 1. The number of carboxylic acids is 1. The van der Waals surface area contributed by atoms with Gasteiger partial charge in [-0.2, -0.15) is 0 Å². The first-order chi connectivity index (χ1) is 15.5.